The van der Waals surface area contributed by atoms with Crippen LogP contribution in [-0.2, 0) is 11.8 Å². The second-order valence-corrected chi connectivity index (χ2v) is 17.0. The molecule has 6 aromatic rings. The molecule has 0 radical (unpaired) electrons. The highest BCUT2D eigenvalue weighted by molar-refractivity contribution is 7.80. The van der Waals surface area contributed by atoms with Gasteiger partial charge >= 0.3 is 0 Å². The summed E-state index contributed by atoms with van der Waals surface area (Å²) in [7, 11) is 0. The molecule has 0 saturated carbocycles. The molecule has 0 bridgehead atoms. The Kier molecular flexibility index (Phi) is 17.9. The van der Waals surface area contributed by atoms with Crippen LogP contribution in [0.4, 0.5) is 11.4 Å². The van der Waals surface area contributed by atoms with Crippen LogP contribution in [0.3, 0.4) is 0 Å². The van der Waals surface area contributed by atoms with Gasteiger partial charge < -0.3 is 5.32 Å². The fraction of sp³-hybridized carbons (Fsp3) is 0.231. The van der Waals surface area contributed by atoms with Crippen molar-refractivity contribution >= 4 is 52.4 Å². The van der Waals surface area contributed by atoms with Crippen LogP contribution in [0.1, 0.15) is 133 Å². The van der Waals surface area contributed by atoms with Crippen LogP contribution in [0.2, 0.25) is 0 Å². The van der Waals surface area contributed by atoms with Crippen LogP contribution in [0.15, 0.2) is 187 Å². The molecule has 6 aromatic carbocycles. The number of allylic oxidation sites excluding steroid dienone is 13. The molecule has 5 aliphatic rings. The lowest BCUT2D eigenvalue weighted by Crippen LogP contribution is -2.15. The molecule has 0 atom stereocenters. The zero-order valence-corrected chi connectivity index (χ0v) is 42.6. The number of nitrogens with one attached hydrogen (secondary N) is 1. The van der Waals surface area contributed by atoms with E-state index in [1.165, 1.54) is 89.1 Å². The fourth-order valence-corrected chi connectivity index (χ4v) is 9.77. The maximum Gasteiger partial charge on any atom is 0.0460 e. The summed E-state index contributed by atoms with van der Waals surface area (Å²) in [5.74, 6) is 0. The molecule has 0 fully saturated rings. The van der Waals surface area contributed by atoms with Crippen LogP contribution in [-0.4, -0.2) is 0 Å². The molecule has 0 unspecified atom stereocenters. The van der Waals surface area contributed by atoms with Gasteiger partial charge in [-0.2, -0.15) is 0 Å². The second-order valence-electron chi connectivity index (χ2n) is 16.6. The quantitative estimate of drug-likeness (QED) is 0.152. The number of hydrogen-bond donors (Lipinski definition) is 2. The molecule has 1 N–H and O–H groups in total. The van der Waals surface area contributed by atoms with Crippen molar-refractivity contribution < 1.29 is 0 Å². The van der Waals surface area contributed by atoms with Crippen molar-refractivity contribution in [2.75, 3.05) is 5.32 Å². The van der Waals surface area contributed by atoms with Crippen LogP contribution >= 0.6 is 12.6 Å². The van der Waals surface area contributed by atoms with Crippen molar-refractivity contribution in [1.82, 2.24) is 0 Å². The lowest BCUT2D eigenvalue weighted by Gasteiger charge is -2.23. The number of thiol groups is 1. The fourth-order valence-electron chi connectivity index (χ4n) is 9.35. The van der Waals surface area contributed by atoms with Crippen LogP contribution in [0.5, 0.6) is 0 Å². The third-order valence-corrected chi connectivity index (χ3v) is 13.1. The highest BCUT2D eigenvalue weighted by Gasteiger charge is 2.36. The monoisotopic (exact) mass is 898 g/mol. The average molecular weight is 898 g/mol. The van der Waals surface area contributed by atoms with Gasteiger partial charge in [0.05, 0.1) is 0 Å². The van der Waals surface area contributed by atoms with E-state index in [4.69, 9.17) is 12.6 Å². The third kappa shape index (κ3) is 10.9. The van der Waals surface area contributed by atoms with E-state index in [9.17, 15) is 0 Å². The van der Waals surface area contributed by atoms with Gasteiger partial charge in [-0.25, -0.2) is 0 Å². The Morgan fingerprint density at radius 2 is 1.15 bits per heavy atom. The van der Waals surface area contributed by atoms with E-state index in [1.807, 2.05) is 55.4 Å². The van der Waals surface area contributed by atoms with Gasteiger partial charge in [0, 0.05) is 27.2 Å². The normalized spacial score (nSPS) is 14.6. The van der Waals surface area contributed by atoms with Crippen molar-refractivity contribution in [2.24, 2.45) is 0 Å². The first-order valence-corrected chi connectivity index (χ1v) is 25.3. The SMILES string of the molecule is CC.CC.CC.CC.CC1(C)c2cc(Nc3ccccc3C3=CC=C(c4ccccc4)C3)ccc2-c2ccc(-c3ccc4c(c3)C=CC4)cc21.Sc1c(C2=CCC=C2)cccc1C1=CC=CC1. The number of hydrogen-bond acceptors (Lipinski definition) is 2. The summed E-state index contributed by atoms with van der Waals surface area (Å²) in [4.78, 5) is 1.10. The van der Waals surface area contributed by atoms with Crippen molar-refractivity contribution in [1.29, 1.82) is 0 Å². The Labute approximate surface area is 409 Å². The van der Waals surface area contributed by atoms with Gasteiger partial charge in [-0.05, 0) is 140 Å². The van der Waals surface area contributed by atoms with Gasteiger partial charge in [0.25, 0.3) is 0 Å². The molecule has 11 rings (SSSR count). The number of benzene rings is 6. The minimum atomic E-state index is -0.0863. The summed E-state index contributed by atoms with van der Waals surface area (Å²) >= 11 is 4.72. The number of para-hydroxylation sites is 1. The maximum absolute atomic E-state index is 4.72. The molecular weight excluding hydrogens is 827 g/mol. The second kappa shape index (κ2) is 23.9. The predicted octanol–water partition coefficient (Wildman–Crippen LogP) is 19.6. The van der Waals surface area contributed by atoms with E-state index in [0.717, 1.165) is 42.0 Å². The third-order valence-electron chi connectivity index (χ3n) is 12.6. The summed E-state index contributed by atoms with van der Waals surface area (Å²) in [6.45, 7) is 20.7. The molecule has 0 aliphatic heterocycles. The molecule has 0 heterocycles. The first-order chi connectivity index (χ1) is 32.9. The highest BCUT2D eigenvalue weighted by Crippen LogP contribution is 2.51. The van der Waals surface area contributed by atoms with Gasteiger partial charge in [-0.3, -0.25) is 0 Å². The van der Waals surface area contributed by atoms with Gasteiger partial charge in [-0.15, -0.1) is 12.6 Å². The van der Waals surface area contributed by atoms with Gasteiger partial charge in [-0.1, -0.05) is 227 Å². The maximum atomic E-state index is 4.72. The molecule has 0 spiro atoms. The smallest absolute Gasteiger partial charge is 0.0460 e. The van der Waals surface area contributed by atoms with Crippen LogP contribution in [0, 0.1) is 0 Å². The molecular formula is C65H71NS. The number of fused-ring (bicyclic) bond motifs is 4. The summed E-state index contributed by atoms with van der Waals surface area (Å²) in [6, 6.07) is 46.7. The minimum Gasteiger partial charge on any atom is -0.355 e. The van der Waals surface area contributed by atoms with Gasteiger partial charge in [0.15, 0.2) is 0 Å². The number of anilines is 2. The molecule has 1 nitrogen and oxygen atoms in total. The molecule has 0 amide bonds. The summed E-state index contributed by atoms with van der Waals surface area (Å²) in [6.07, 6.45) is 26.2. The average Bonchev–Trinajstić information content (AvgIpc) is 4.27. The van der Waals surface area contributed by atoms with E-state index in [2.05, 4.69) is 207 Å². The first kappa shape index (κ1) is 50.1. The zero-order valence-electron chi connectivity index (χ0n) is 41.7. The lowest BCUT2D eigenvalue weighted by atomic mass is 9.81. The Morgan fingerprint density at radius 3 is 1.88 bits per heavy atom. The number of rotatable bonds is 7. The van der Waals surface area contributed by atoms with Crippen molar-refractivity contribution in [2.45, 2.75) is 105 Å². The topological polar surface area (TPSA) is 12.0 Å². The Hall–Kier alpha value is -6.35. The van der Waals surface area contributed by atoms with E-state index in [0.29, 0.717) is 0 Å². The van der Waals surface area contributed by atoms with Crippen molar-refractivity contribution in [3.63, 3.8) is 0 Å². The van der Waals surface area contributed by atoms with Gasteiger partial charge in [0.1, 0.15) is 0 Å². The highest BCUT2D eigenvalue weighted by atomic mass is 32.1. The first-order valence-electron chi connectivity index (χ1n) is 24.9. The van der Waals surface area contributed by atoms with Crippen molar-refractivity contribution in [3.8, 4) is 22.3 Å². The summed E-state index contributed by atoms with van der Waals surface area (Å²) < 4.78 is 0. The Bertz CT molecular complexity index is 2870. The molecule has 0 aromatic heterocycles. The molecule has 5 aliphatic carbocycles. The molecule has 2 heteroatoms. The molecule has 67 heavy (non-hydrogen) atoms. The zero-order chi connectivity index (χ0) is 47.9. The van der Waals surface area contributed by atoms with Crippen LogP contribution < -0.4 is 5.32 Å². The standard InChI is InChI=1S/C41H33N.C16H14S.4C2H6/c1-41(2)38-25-32(31-16-15-28-11-8-12-29(28)23-31)19-21-36(38)37-22-20-34(26-39(37)41)42-40-14-7-6-13-35(40)33-18-17-30(24-33)27-9-4-3-5-10-27;17-16-14(12-6-1-2-7-12)10-5-11-15(16)13-8-3-4-9-13;4*1-2/h3-10,12-23,25-26,42H,11,24H2,1-2H3;1-3,5-6,8-11,17H,4,7H2;4*1-2H3. The van der Waals surface area contributed by atoms with Gasteiger partial charge in [0.2, 0.25) is 0 Å². The van der Waals surface area contributed by atoms with Crippen molar-refractivity contribution in [3.05, 3.63) is 227 Å². The predicted molar refractivity (Wildman–Crippen MR) is 301 cm³/mol. The minimum absolute atomic E-state index is 0.0863. The van der Waals surface area contributed by atoms with E-state index in [-0.39, 0.29) is 5.41 Å². The molecule has 0 saturated heterocycles. The molecule has 342 valence electrons. The summed E-state index contributed by atoms with van der Waals surface area (Å²) in [5.41, 5.74) is 23.4. The van der Waals surface area contributed by atoms with E-state index >= 15 is 0 Å². The largest absolute Gasteiger partial charge is 0.355 e. The van der Waals surface area contributed by atoms with E-state index < -0.39 is 0 Å². The van der Waals surface area contributed by atoms with E-state index in [1.54, 1.807) is 0 Å². The summed E-state index contributed by atoms with van der Waals surface area (Å²) in [5, 5.41) is 3.79. The Balaban J connectivity index is 0.000000247. The Morgan fingerprint density at radius 1 is 0.493 bits per heavy atom. The van der Waals surface area contributed by atoms with Crippen LogP contribution in [0.25, 0.3) is 50.6 Å². The lowest BCUT2D eigenvalue weighted by molar-refractivity contribution is 0.661.